The Morgan fingerprint density at radius 3 is 2.87 bits per heavy atom. The lowest BCUT2D eigenvalue weighted by atomic mass is 10.1. The molecule has 0 aliphatic rings. The predicted molar refractivity (Wildman–Crippen MR) is 87.4 cm³/mol. The predicted octanol–water partition coefficient (Wildman–Crippen LogP) is 3.84. The molecule has 0 spiro atoms. The molecule has 0 aliphatic heterocycles. The van der Waals surface area contributed by atoms with Gasteiger partial charge >= 0.3 is 0 Å². The highest BCUT2D eigenvalue weighted by molar-refractivity contribution is 5.91. The summed E-state index contributed by atoms with van der Waals surface area (Å²) in [6.45, 7) is 1.97. The summed E-state index contributed by atoms with van der Waals surface area (Å²) in [5.41, 5.74) is 3.21. The summed E-state index contributed by atoms with van der Waals surface area (Å²) in [6.07, 6.45) is 1.47. The average molecular weight is 304 g/mol. The van der Waals surface area contributed by atoms with Crippen LogP contribution in [0.4, 0.5) is 5.69 Å². The number of para-hydroxylation sites is 1. The monoisotopic (exact) mass is 304 g/mol. The van der Waals surface area contributed by atoms with Gasteiger partial charge in [0.2, 0.25) is 0 Å². The molecule has 0 bridgehead atoms. The van der Waals surface area contributed by atoms with E-state index in [-0.39, 0.29) is 11.3 Å². The highest BCUT2D eigenvalue weighted by Gasteiger charge is 2.13. The third kappa shape index (κ3) is 2.80. The third-order valence-corrected chi connectivity index (χ3v) is 3.45. The number of rotatable bonds is 3. The molecule has 3 rings (SSSR count). The number of allylic oxidation sites excluding steroid dienone is 1. The lowest BCUT2D eigenvalue weighted by Crippen LogP contribution is -1.92. The Bertz CT molecular complexity index is 980. The number of nitro groups is 1. The quantitative estimate of drug-likeness (QED) is 0.451. The molecule has 0 aliphatic carbocycles. The van der Waals surface area contributed by atoms with E-state index < -0.39 is 4.92 Å². The SMILES string of the molecule is Cc1ccc2nc(C(C#N)=Cc3ccccc3[N+](=O)[O-])[nH]c2c1. The van der Waals surface area contributed by atoms with Gasteiger partial charge in [0.25, 0.3) is 5.69 Å². The van der Waals surface area contributed by atoms with E-state index in [9.17, 15) is 15.4 Å². The lowest BCUT2D eigenvalue weighted by molar-refractivity contribution is -0.385. The van der Waals surface area contributed by atoms with Crippen molar-refractivity contribution in [2.45, 2.75) is 6.92 Å². The van der Waals surface area contributed by atoms with Crippen molar-refractivity contribution in [2.24, 2.45) is 0 Å². The van der Waals surface area contributed by atoms with E-state index in [1.54, 1.807) is 18.2 Å². The number of fused-ring (bicyclic) bond motifs is 1. The van der Waals surface area contributed by atoms with Crippen LogP contribution in [0.3, 0.4) is 0 Å². The molecule has 6 heteroatoms. The summed E-state index contributed by atoms with van der Waals surface area (Å²) in [7, 11) is 0. The van der Waals surface area contributed by atoms with Gasteiger partial charge in [0.15, 0.2) is 0 Å². The Kier molecular flexibility index (Phi) is 3.61. The van der Waals surface area contributed by atoms with Gasteiger partial charge in [0.05, 0.1) is 27.1 Å². The Morgan fingerprint density at radius 1 is 1.35 bits per heavy atom. The number of imidazole rings is 1. The number of H-pyrrole nitrogens is 1. The lowest BCUT2D eigenvalue weighted by Gasteiger charge is -1.98. The van der Waals surface area contributed by atoms with Gasteiger partial charge in [-0.2, -0.15) is 5.26 Å². The Labute approximate surface area is 131 Å². The summed E-state index contributed by atoms with van der Waals surface area (Å²) >= 11 is 0. The van der Waals surface area contributed by atoms with Crippen LogP contribution in [-0.4, -0.2) is 14.9 Å². The molecule has 0 fully saturated rings. The van der Waals surface area contributed by atoms with Gasteiger partial charge in [-0.25, -0.2) is 4.98 Å². The molecule has 0 unspecified atom stereocenters. The van der Waals surface area contributed by atoms with Crippen molar-refractivity contribution in [3.63, 3.8) is 0 Å². The fourth-order valence-electron chi connectivity index (χ4n) is 2.34. The van der Waals surface area contributed by atoms with Crippen LogP contribution in [0.2, 0.25) is 0 Å². The second kappa shape index (κ2) is 5.73. The van der Waals surface area contributed by atoms with Crippen LogP contribution < -0.4 is 0 Å². The third-order valence-electron chi connectivity index (χ3n) is 3.45. The van der Waals surface area contributed by atoms with Gasteiger partial charge in [0.1, 0.15) is 11.9 Å². The van der Waals surface area contributed by atoms with Crippen LogP contribution >= 0.6 is 0 Å². The minimum atomic E-state index is -0.469. The zero-order valence-corrected chi connectivity index (χ0v) is 12.3. The van der Waals surface area contributed by atoms with E-state index >= 15 is 0 Å². The maximum Gasteiger partial charge on any atom is 0.276 e. The van der Waals surface area contributed by atoms with Crippen molar-refractivity contribution in [3.8, 4) is 6.07 Å². The standard InChI is InChI=1S/C17H12N4O2/c1-11-6-7-14-15(8-11)20-17(19-14)13(10-18)9-12-4-2-3-5-16(12)21(22)23/h2-9H,1H3,(H,19,20). The number of nitrogens with zero attached hydrogens (tertiary/aromatic N) is 3. The van der Waals surface area contributed by atoms with Gasteiger partial charge in [-0.05, 0) is 36.8 Å². The van der Waals surface area contributed by atoms with Crippen molar-refractivity contribution >= 4 is 28.4 Å². The first kappa shape index (κ1) is 14.5. The highest BCUT2D eigenvalue weighted by atomic mass is 16.6. The zero-order chi connectivity index (χ0) is 16.4. The number of benzene rings is 2. The van der Waals surface area contributed by atoms with Gasteiger partial charge in [0, 0.05) is 6.07 Å². The van der Waals surface area contributed by atoms with Crippen LogP contribution in [0, 0.1) is 28.4 Å². The molecule has 3 aromatic rings. The summed E-state index contributed by atoms with van der Waals surface area (Å²) in [5.74, 6) is 0.395. The minimum Gasteiger partial charge on any atom is -0.337 e. The van der Waals surface area contributed by atoms with Crippen molar-refractivity contribution in [3.05, 3.63) is 69.5 Å². The van der Waals surface area contributed by atoms with Crippen LogP contribution in [0.1, 0.15) is 17.0 Å². The smallest absolute Gasteiger partial charge is 0.276 e. The van der Waals surface area contributed by atoms with Crippen LogP contribution in [-0.2, 0) is 0 Å². The highest BCUT2D eigenvalue weighted by Crippen LogP contribution is 2.24. The second-order valence-electron chi connectivity index (χ2n) is 5.09. The number of nitro benzene ring substituents is 1. The maximum absolute atomic E-state index is 11.1. The van der Waals surface area contributed by atoms with Crippen molar-refractivity contribution in [2.75, 3.05) is 0 Å². The minimum absolute atomic E-state index is 0.0489. The number of aromatic amines is 1. The van der Waals surface area contributed by atoms with Crippen molar-refractivity contribution in [1.29, 1.82) is 5.26 Å². The maximum atomic E-state index is 11.1. The molecule has 0 atom stereocenters. The molecule has 112 valence electrons. The second-order valence-corrected chi connectivity index (χ2v) is 5.09. The van der Waals surface area contributed by atoms with E-state index in [0.717, 1.165) is 16.6 Å². The van der Waals surface area contributed by atoms with E-state index in [2.05, 4.69) is 16.0 Å². The first-order valence-corrected chi connectivity index (χ1v) is 6.90. The largest absolute Gasteiger partial charge is 0.337 e. The summed E-state index contributed by atoms with van der Waals surface area (Å²) in [4.78, 5) is 18.1. The number of nitrogens with one attached hydrogen (secondary N) is 1. The number of nitriles is 1. The first-order valence-electron chi connectivity index (χ1n) is 6.90. The Morgan fingerprint density at radius 2 is 2.13 bits per heavy atom. The zero-order valence-electron chi connectivity index (χ0n) is 12.3. The number of hydrogen-bond acceptors (Lipinski definition) is 4. The normalized spacial score (nSPS) is 11.4. The molecular weight excluding hydrogens is 292 g/mol. The van der Waals surface area contributed by atoms with Gasteiger partial charge in [-0.3, -0.25) is 10.1 Å². The fourth-order valence-corrected chi connectivity index (χ4v) is 2.34. The van der Waals surface area contributed by atoms with E-state index in [1.165, 1.54) is 12.1 Å². The summed E-state index contributed by atoms with van der Waals surface area (Å²) in [6, 6.07) is 14.1. The fraction of sp³-hybridized carbons (Fsp3) is 0.0588. The van der Waals surface area contributed by atoms with Crippen LogP contribution in [0.15, 0.2) is 42.5 Å². The van der Waals surface area contributed by atoms with Crippen LogP contribution in [0.5, 0.6) is 0 Å². The van der Waals surface area contributed by atoms with Crippen molar-refractivity contribution in [1.82, 2.24) is 9.97 Å². The average Bonchev–Trinajstić information content (AvgIpc) is 2.95. The molecule has 0 saturated heterocycles. The van der Waals surface area contributed by atoms with Crippen molar-refractivity contribution < 1.29 is 4.92 Å². The Hall–Kier alpha value is -3.46. The topological polar surface area (TPSA) is 95.6 Å². The molecule has 23 heavy (non-hydrogen) atoms. The molecule has 1 heterocycles. The molecule has 2 aromatic carbocycles. The Balaban J connectivity index is 2.12. The molecular formula is C17H12N4O2. The van der Waals surface area contributed by atoms with E-state index in [4.69, 9.17) is 0 Å². The molecule has 1 aromatic heterocycles. The first-order chi connectivity index (χ1) is 11.1. The number of hydrogen-bond donors (Lipinski definition) is 1. The number of aromatic nitrogens is 2. The van der Waals surface area contributed by atoms with E-state index in [1.807, 2.05) is 25.1 Å². The molecule has 6 nitrogen and oxygen atoms in total. The summed E-state index contributed by atoms with van der Waals surface area (Å²) < 4.78 is 0. The molecule has 0 amide bonds. The molecule has 1 N–H and O–H groups in total. The number of aryl methyl sites for hydroxylation is 1. The van der Waals surface area contributed by atoms with E-state index in [0.29, 0.717) is 11.4 Å². The van der Waals surface area contributed by atoms with Gasteiger partial charge in [-0.1, -0.05) is 18.2 Å². The molecule has 0 saturated carbocycles. The molecule has 0 radical (unpaired) electrons. The van der Waals surface area contributed by atoms with Gasteiger partial charge in [-0.15, -0.1) is 0 Å². The summed E-state index contributed by atoms with van der Waals surface area (Å²) in [5, 5.41) is 20.5. The van der Waals surface area contributed by atoms with Gasteiger partial charge < -0.3 is 4.98 Å². The van der Waals surface area contributed by atoms with Crippen LogP contribution in [0.25, 0.3) is 22.7 Å².